The van der Waals surface area contributed by atoms with Crippen LogP contribution in [0.4, 0.5) is 40.6 Å². The molecule has 3 amide bonds. The minimum absolute atomic E-state index is 0.0298. The average Bonchev–Trinajstić information content (AvgIpc) is 3.62. The van der Waals surface area contributed by atoms with Gasteiger partial charge in [-0.3, -0.25) is 19.2 Å². The number of fused-ring (bicyclic) bond motifs is 1. The second-order valence-electron chi connectivity index (χ2n) is 12.5. The van der Waals surface area contributed by atoms with E-state index >= 15 is 0 Å². The van der Waals surface area contributed by atoms with Gasteiger partial charge in [-0.25, -0.2) is 4.39 Å². The Kier molecular flexibility index (Phi) is 11.3. The first-order valence-electron chi connectivity index (χ1n) is 17.1. The van der Waals surface area contributed by atoms with Gasteiger partial charge in [-0.1, -0.05) is 18.5 Å². The maximum atomic E-state index is 14.2. The van der Waals surface area contributed by atoms with Crippen LogP contribution >= 0.6 is 11.6 Å². The molecule has 2 saturated heterocycles. The van der Waals surface area contributed by atoms with Gasteiger partial charge >= 0.3 is 6.18 Å². The number of hydrogen-bond donors (Lipinski definition) is 3. The van der Waals surface area contributed by atoms with Crippen molar-refractivity contribution in [2.75, 3.05) is 86.5 Å². The van der Waals surface area contributed by atoms with E-state index in [0.717, 1.165) is 28.8 Å². The first-order valence-corrected chi connectivity index (χ1v) is 17.5. The Morgan fingerprint density at radius 1 is 0.963 bits per heavy atom. The quantitative estimate of drug-likeness (QED) is 0.205. The van der Waals surface area contributed by atoms with E-state index in [4.69, 9.17) is 16.3 Å². The van der Waals surface area contributed by atoms with E-state index in [2.05, 4.69) is 26.0 Å². The fraction of sp³-hybridized carbons (Fsp3) is 0.412. The van der Waals surface area contributed by atoms with Gasteiger partial charge in [-0.05, 0) is 42.8 Å². The highest BCUT2D eigenvalue weighted by molar-refractivity contribution is 6.33. The maximum Gasteiger partial charge on any atom is 0.416 e. The minimum atomic E-state index is -4.62. The standard InChI is InChI=1S/C34H37ClF4N10O5/c1-3-26-29(46-10-8-45(9-11-46)28(51)18-41-30(52)20-4-6-23(36)25(16-20)40-2)31(53)49-33(43-32(44-49)47-12-14-54-15-13-47)48(26)19-27(50)42-24-7-5-21(17-22(24)35)34(37,38)39/h4-7,16-17,40H,3,8-15,18-19H2,1-2H3,(H,41,52)(H,42,50). The molecule has 2 aromatic heterocycles. The molecule has 0 aliphatic carbocycles. The van der Waals surface area contributed by atoms with Gasteiger partial charge in [0.05, 0.1) is 47.4 Å². The number of morpholine rings is 1. The van der Waals surface area contributed by atoms with Crippen LogP contribution in [0, 0.1) is 5.82 Å². The molecule has 3 N–H and O–H groups in total. The average molecular weight is 777 g/mol. The summed E-state index contributed by atoms with van der Waals surface area (Å²) >= 11 is 6.11. The smallest absolute Gasteiger partial charge is 0.386 e. The highest BCUT2D eigenvalue weighted by atomic mass is 35.5. The summed E-state index contributed by atoms with van der Waals surface area (Å²) in [6, 6.07) is 6.41. The topological polar surface area (TPSA) is 158 Å². The van der Waals surface area contributed by atoms with Crippen molar-refractivity contribution in [3.05, 3.63) is 74.4 Å². The summed E-state index contributed by atoms with van der Waals surface area (Å²) in [7, 11) is 1.52. The molecule has 0 bridgehead atoms. The number of halogens is 5. The van der Waals surface area contributed by atoms with E-state index in [-0.39, 0.29) is 91.0 Å². The fourth-order valence-electron chi connectivity index (χ4n) is 6.35. The summed E-state index contributed by atoms with van der Waals surface area (Å²) in [4.78, 5) is 63.3. The Morgan fingerprint density at radius 2 is 1.69 bits per heavy atom. The molecular weight excluding hydrogens is 740 g/mol. The fourth-order valence-corrected chi connectivity index (χ4v) is 6.58. The Labute approximate surface area is 310 Å². The van der Waals surface area contributed by atoms with Crippen LogP contribution in [-0.2, 0) is 33.5 Å². The number of piperazine rings is 1. The molecule has 0 atom stereocenters. The van der Waals surface area contributed by atoms with Crippen LogP contribution in [0.3, 0.4) is 0 Å². The van der Waals surface area contributed by atoms with Crippen molar-refractivity contribution in [2.24, 2.45) is 0 Å². The number of nitrogens with zero attached hydrogens (tertiary/aromatic N) is 7. The van der Waals surface area contributed by atoms with Gasteiger partial charge in [0.1, 0.15) is 18.0 Å². The Hall–Kier alpha value is -5.43. The number of benzene rings is 2. The second kappa shape index (κ2) is 15.9. The molecule has 2 aliphatic heterocycles. The molecular formula is C34H37ClF4N10O5. The molecule has 2 fully saturated rings. The number of carbonyl (C=O) groups excluding carboxylic acids is 3. The lowest BCUT2D eigenvalue weighted by Crippen LogP contribution is -2.52. The van der Waals surface area contributed by atoms with Gasteiger partial charge in [0.15, 0.2) is 0 Å². The minimum Gasteiger partial charge on any atom is -0.386 e. The number of aromatic nitrogens is 4. The number of rotatable bonds is 10. The van der Waals surface area contributed by atoms with E-state index in [1.165, 1.54) is 19.2 Å². The molecule has 20 heteroatoms. The van der Waals surface area contributed by atoms with Gasteiger partial charge in [-0.15, -0.1) is 5.10 Å². The van der Waals surface area contributed by atoms with E-state index in [1.807, 2.05) is 4.90 Å². The van der Waals surface area contributed by atoms with Crippen LogP contribution in [0.15, 0.2) is 41.2 Å². The molecule has 0 spiro atoms. The molecule has 2 aliphatic rings. The summed E-state index contributed by atoms with van der Waals surface area (Å²) in [6.45, 7) is 3.80. The predicted octanol–water partition coefficient (Wildman–Crippen LogP) is 2.86. The van der Waals surface area contributed by atoms with Crippen LogP contribution in [0.1, 0.15) is 28.5 Å². The van der Waals surface area contributed by atoms with Crippen LogP contribution in [0.5, 0.6) is 0 Å². The number of ether oxygens (including phenoxy) is 1. The first kappa shape index (κ1) is 38.3. The molecule has 6 rings (SSSR count). The third-order valence-electron chi connectivity index (χ3n) is 9.16. The lowest BCUT2D eigenvalue weighted by molar-refractivity contribution is -0.137. The molecule has 4 heterocycles. The third-order valence-corrected chi connectivity index (χ3v) is 9.47. The summed E-state index contributed by atoms with van der Waals surface area (Å²) in [5.74, 6) is -1.72. The molecule has 0 radical (unpaired) electrons. The van der Waals surface area contributed by atoms with Crippen molar-refractivity contribution < 1.29 is 36.7 Å². The maximum absolute atomic E-state index is 14.2. The lowest BCUT2D eigenvalue weighted by Gasteiger charge is -2.36. The summed E-state index contributed by atoms with van der Waals surface area (Å²) < 4.78 is 61.6. The zero-order valence-corrected chi connectivity index (χ0v) is 30.1. The Bertz CT molecular complexity index is 2130. The number of hydrogen-bond acceptors (Lipinski definition) is 10. The number of anilines is 4. The molecule has 0 unspecified atom stereocenters. The lowest BCUT2D eigenvalue weighted by atomic mass is 10.1. The van der Waals surface area contributed by atoms with Crippen molar-refractivity contribution in [3.8, 4) is 0 Å². The van der Waals surface area contributed by atoms with Crippen LogP contribution in [0.25, 0.3) is 5.78 Å². The van der Waals surface area contributed by atoms with Crippen LogP contribution in [0.2, 0.25) is 5.02 Å². The normalized spacial score (nSPS) is 15.1. The predicted molar refractivity (Wildman–Crippen MR) is 192 cm³/mol. The molecule has 2 aromatic carbocycles. The van der Waals surface area contributed by atoms with Crippen molar-refractivity contribution in [1.29, 1.82) is 0 Å². The largest absolute Gasteiger partial charge is 0.416 e. The molecule has 0 saturated carbocycles. The van der Waals surface area contributed by atoms with Gasteiger partial charge in [-0.2, -0.15) is 22.7 Å². The number of alkyl halides is 3. The number of carbonyl (C=O) groups is 3. The third kappa shape index (κ3) is 8.06. The Morgan fingerprint density at radius 3 is 2.33 bits per heavy atom. The second-order valence-corrected chi connectivity index (χ2v) is 12.9. The van der Waals surface area contributed by atoms with Gasteiger partial charge in [0.25, 0.3) is 11.5 Å². The van der Waals surface area contributed by atoms with Gasteiger partial charge in [0.2, 0.25) is 23.5 Å². The summed E-state index contributed by atoms with van der Waals surface area (Å²) in [5, 5.41) is 12.0. The van der Waals surface area contributed by atoms with Crippen molar-refractivity contribution >= 4 is 58.1 Å². The van der Waals surface area contributed by atoms with Crippen molar-refractivity contribution in [2.45, 2.75) is 26.1 Å². The molecule has 4 aromatic rings. The molecule has 288 valence electrons. The van der Waals surface area contributed by atoms with E-state index in [9.17, 15) is 36.7 Å². The van der Waals surface area contributed by atoms with Crippen LogP contribution in [-0.4, -0.2) is 108 Å². The molecule has 15 nitrogen and oxygen atoms in total. The SMILES string of the molecule is CCc1c(N2CCN(C(=O)CNC(=O)c3ccc(F)c(NC)c3)CC2)c(=O)n2nc(N3CCOCC3)nc2n1CC(=O)Nc1ccc(C(F)(F)F)cc1Cl. The highest BCUT2D eigenvalue weighted by Crippen LogP contribution is 2.34. The van der Waals surface area contributed by atoms with Crippen molar-refractivity contribution in [3.63, 3.8) is 0 Å². The van der Waals surface area contributed by atoms with Gasteiger partial charge in [0, 0.05) is 51.9 Å². The van der Waals surface area contributed by atoms with Crippen molar-refractivity contribution in [1.82, 2.24) is 29.4 Å². The van der Waals surface area contributed by atoms with E-state index in [0.29, 0.717) is 32.0 Å². The van der Waals surface area contributed by atoms with Gasteiger partial charge < -0.3 is 40.0 Å². The zero-order chi connectivity index (χ0) is 38.7. The Balaban J connectivity index is 1.23. The first-order chi connectivity index (χ1) is 25.8. The van der Waals surface area contributed by atoms with E-state index in [1.54, 1.807) is 21.3 Å². The highest BCUT2D eigenvalue weighted by Gasteiger charge is 2.32. The number of amides is 3. The van der Waals surface area contributed by atoms with E-state index < -0.39 is 34.9 Å². The zero-order valence-electron chi connectivity index (χ0n) is 29.3. The number of nitrogens with one attached hydrogen (secondary N) is 3. The summed E-state index contributed by atoms with van der Waals surface area (Å²) in [5.41, 5.74) is -0.458. The summed E-state index contributed by atoms with van der Waals surface area (Å²) in [6.07, 6.45) is -4.35. The van der Waals surface area contributed by atoms with Crippen LogP contribution < -0.4 is 31.3 Å². The molecule has 54 heavy (non-hydrogen) atoms. The monoisotopic (exact) mass is 776 g/mol.